The lowest BCUT2D eigenvalue weighted by Crippen LogP contribution is -2.12. The van der Waals surface area contributed by atoms with Crippen LogP contribution in [-0.4, -0.2) is 9.97 Å². The summed E-state index contributed by atoms with van der Waals surface area (Å²) in [6.07, 6.45) is 3.35. The van der Waals surface area contributed by atoms with Crippen molar-refractivity contribution in [3.63, 3.8) is 0 Å². The third-order valence-electron chi connectivity index (χ3n) is 6.11. The van der Waals surface area contributed by atoms with E-state index >= 15 is 0 Å². The number of hydrogen-bond acceptors (Lipinski definition) is 4. The van der Waals surface area contributed by atoms with E-state index in [1.54, 1.807) is 12.6 Å². The minimum Gasteiger partial charge on any atom is -0.460 e. The summed E-state index contributed by atoms with van der Waals surface area (Å²) in [5, 5.41) is 5.42. The first kappa shape index (κ1) is 18.1. The summed E-state index contributed by atoms with van der Waals surface area (Å²) in [5.74, 6) is 0. The summed E-state index contributed by atoms with van der Waals surface area (Å²) < 4.78 is 12.0. The van der Waals surface area contributed by atoms with E-state index in [0.29, 0.717) is 5.71 Å². The van der Waals surface area contributed by atoms with Crippen LogP contribution in [0.25, 0.3) is 55.1 Å². The average molecular weight is 406 g/mol. The van der Waals surface area contributed by atoms with Crippen LogP contribution >= 0.6 is 0 Å². The Bertz CT molecular complexity index is 1630. The molecular weight excluding hydrogens is 384 g/mol. The zero-order valence-electron chi connectivity index (χ0n) is 18.0. The summed E-state index contributed by atoms with van der Waals surface area (Å²) in [4.78, 5) is 9.15. The topological polar surface area (TPSA) is 52.1 Å². The van der Waals surface area contributed by atoms with Crippen LogP contribution in [0.15, 0.2) is 70.0 Å². The molecule has 3 aromatic carbocycles. The van der Waals surface area contributed by atoms with Gasteiger partial charge in [0.2, 0.25) is 5.71 Å². The van der Waals surface area contributed by atoms with Crippen LogP contribution in [0.2, 0.25) is 0 Å². The molecule has 0 spiro atoms. The maximum absolute atomic E-state index is 6.18. The molecule has 6 rings (SSSR count). The van der Waals surface area contributed by atoms with E-state index in [-0.39, 0.29) is 5.41 Å². The molecule has 3 heterocycles. The van der Waals surface area contributed by atoms with Gasteiger partial charge in [0, 0.05) is 16.3 Å². The van der Waals surface area contributed by atoms with Crippen LogP contribution in [0.3, 0.4) is 0 Å². The second kappa shape index (κ2) is 6.17. The molecule has 4 heteroatoms. The van der Waals surface area contributed by atoms with Gasteiger partial charge in [-0.05, 0) is 58.5 Å². The van der Waals surface area contributed by atoms with Gasteiger partial charge in [0.15, 0.2) is 11.2 Å². The molecule has 0 amide bonds. The van der Waals surface area contributed by atoms with Crippen molar-refractivity contribution in [2.75, 3.05) is 0 Å². The zero-order chi connectivity index (χ0) is 21.3. The second-order valence-corrected chi connectivity index (χ2v) is 9.24. The fourth-order valence-corrected chi connectivity index (χ4v) is 4.57. The van der Waals surface area contributed by atoms with E-state index in [0.717, 1.165) is 44.1 Å². The van der Waals surface area contributed by atoms with Gasteiger partial charge in [0.1, 0.15) is 6.33 Å². The van der Waals surface area contributed by atoms with Gasteiger partial charge in [-0.1, -0.05) is 45.0 Å². The molecule has 0 fully saturated rings. The predicted octanol–water partition coefficient (Wildman–Crippen LogP) is 7.55. The molecule has 0 saturated heterocycles. The van der Waals surface area contributed by atoms with Crippen LogP contribution < -0.4 is 0 Å². The van der Waals surface area contributed by atoms with Crippen molar-refractivity contribution in [3.8, 4) is 11.3 Å². The van der Waals surface area contributed by atoms with Gasteiger partial charge in [-0.3, -0.25) is 0 Å². The van der Waals surface area contributed by atoms with Crippen molar-refractivity contribution in [3.05, 3.63) is 72.2 Å². The highest BCUT2D eigenvalue weighted by atomic mass is 16.4. The lowest BCUT2D eigenvalue weighted by molar-refractivity contribution is 0.594. The Morgan fingerprint density at radius 2 is 1.65 bits per heavy atom. The van der Waals surface area contributed by atoms with Gasteiger partial charge in [0.05, 0.1) is 17.3 Å². The Labute approximate surface area is 179 Å². The molecule has 152 valence electrons. The van der Waals surface area contributed by atoms with Crippen LogP contribution in [0.1, 0.15) is 31.9 Å². The Kier molecular flexibility index (Phi) is 3.61. The average Bonchev–Trinajstić information content (AvgIpc) is 3.32. The normalized spacial score (nSPS) is 12.5. The third kappa shape index (κ3) is 2.61. The standard InChI is InChI=1S/C27H22N2O2/c1-15-13-30-24-18(15)9-10-20-22-23(28-14-29-26(22)31-25(20)24)17-11-16-7-5-6-8-19(16)21(12-17)27(2,3)4/h5-14H,1-4H3. The largest absolute Gasteiger partial charge is 0.460 e. The molecule has 0 saturated carbocycles. The van der Waals surface area contributed by atoms with Gasteiger partial charge in [0.25, 0.3) is 0 Å². The maximum atomic E-state index is 6.18. The molecule has 0 aliphatic heterocycles. The number of rotatable bonds is 1. The van der Waals surface area contributed by atoms with E-state index in [2.05, 4.69) is 74.3 Å². The molecule has 0 aliphatic rings. The summed E-state index contributed by atoms with van der Waals surface area (Å²) in [5.41, 5.74) is 6.38. The number of fused-ring (bicyclic) bond motifs is 6. The van der Waals surface area contributed by atoms with Crippen molar-refractivity contribution in [1.82, 2.24) is 9.97 Å². The first-order chi connectivity index (χ1) is 14.9. The maximum Gasteiger partial charge on any atom is 0.231 e. The second-order valence-electron chi connectivity index (χ2n) is 9.24. The zero-order valence-corrected chi connectivity index (χ0v) is 18.0. The lowest BCUT2D eigenvalue weighted by atomic mass is 9.82. The molecule has 0 radical (unpaired) electrons. The van der Waals surface area contributed by atoms with Crippen LogP contribution in [0.4, 0.5) is 0 Å². The minimum absolute atomic E-state index is 0.00190. The van der Waals surface area contributed by atoms with Gasteiger partial charge in [-0.15, -0.1) is 0 Å². The van der Waals surface area contributed by atoms with Gasteiger partial charge in [-0.2, -0.15) is 0 Å². The molecule has 0 atom stereocenters. The molecule has 0 N–H and O–H groups in total. The molecular formula is C27H22N2O2. The fraction of sp³-hybridized carbons (Fsp3) is 0.185. The van der Waals surface area contributed by atoms with E-state index in [9.17, 15) is 0 Å². The Balaban J connectivity index is 1.72. The lowest BCUT2D eigenvalue weighted by Gasteiger charge is -2.22. The van der Waals surface area contributed by atoms with Gasteiger partial charge in [-0.25, -0.2) is 9.97 Å². The Hall–Kier alpha value is -3.66. The number of furan rings is 2. The predicted molar refractivity (Wildman–Crippen MR) is 125 cm³/mol. The highest BCUT2D eigenvalue weighted by Gasteiger charge is 2.22. The molecule has 0 bridgehead atoms. The van der Waals surface area contributed by atoms with Crippen molar-refractivity contribution >= 4 is 43.8 Å². The Morgan fingerprint density at radius 3 is 2.48 bits per heavy atom. The minimum atomic E-state index is -0.00190. The van der Waals surface area contributed by atoms with E-state index in [1.807, 2.05) is 6.92 Å². The van der Waals surface area contributed by atoms with Gasteiger partial charge >= 0.3 is 0 Å². The van der Waals surface area contributed by atoms with Crippen LogP contribution in [0.5, 0.6) is 0 Å². The van der Waals surface area contributed by atoms with Crippen molar-refractivity contribution in [2.24, 2.45) is 0 Å². The summed E-state index contributed by atoms with van der Waals surface area (Å²) in [6.45, 7) is 8.78. The molecule has 0 unspecified atom stereocenters. The molecule has 4 nitrogen and oxygen atoms in total. The van der Waals surface area contributed by atoms with Crippen LogP contribution in [-0.2, 0) is 5.41 Å². The third-order valence-corrected chi connectivity index (χ3v) is 6.11. The number of nitrogens with zero attached hydrogens (tertiary/aromatic N) is 2. The van der Waals surface area contributed by atoms with E-state index < -0.39 is 0 Å². The molecule has 0 aliphatic carbocycles. The quantitative estimate of drug-likeness (QED) is 0.283. The smallest absolute Gasteiger partial charge is 0.231 e. The first-order valence-electron chi connectivity index (χ1n) is 10.5. The highest BCUT2D eigenvalue weighted by Crippen LogP contribution is 2.40. The summed E-state index contributed by atoms with van der Waals surface area (Å²) in [6, 6.07) is 17.2. The number of hydrogen-bond donors (Lipinski definition) is 0. The van der Waals surface area contributed by atoms with Crippen molar-refractivity contribution < 1.29 is 8.83 Å². The number of aryl methyl sites for hydroxylation is 1. The Morgan fingerprint density at radius 1 is 0.839 bits per heavy atom. The summed E-state index contributed by atoms with van der Waals surface area (Å²) in [7, 11) is 0. The number of aromatic nitrogens is 2. The molecule has 3 aromatic heterocycles. The van der Waals surface area contributed by atoms with Crippen molar-refractivity contribution in [1.29, 1.82) is 0 Å². The van der Waals surface area contributed by atoms with Crippen molar-refractivity contribution in [2.45, 2.75) is 33.1 Å². The summed E-state index contributed by atoms with van der Waals surface area (Å²) >= 11 is 0. The van der Waals surface area contributed by atoms with Crippen LogP contribution in [0, 0.1) is 6.92 Å². The molecule has 6 aromatic rings. The fourth-order valence-electron chi connectivity index (χ4n) is 4.57. The SMILES string of the molecule is Cc1coc2c1ccc1c2oc2ncnc(-c3cc(C(C)(C)C)c4ccccc4c3)c21. The monoisotopic (exact) mass is 406 g/mol. The van der Waals surface area contributed by atoms with E-state index in [1.165, 1.54) is 16.3 Å². The highest BCUT2D eigenvalue weighted by molar-refractivity contribution is 6.17. The van der Waals surface area contributed by atoms with E-state index in [4.69, 9.17) is 13.8 Å². The van der Waals surface area contributed by atoms with Gasteiger partial charge < -0.3 is 8.83 Å². The number of benzene rings is 3. The molecule has 31 heavy (non-hydrogen) atoms. The first-order valence-corrected chi connectivity index (χ1v) is 10.5.